The average molecular weight is 266 g/mol. The van der Waals surface area contributed by atoms with Crippen LogP contribution >= 0.6 is 11.3 Å². The fourth-order valence-electron chi connectivity index (χ4n) is 1.42. The molecule has 0 aliphatic carbocycles. The number of ether oxygens (including phenoxy) is 1. The molecule has 7 nitrogen and oxygen atoms in total. The van der Waals surface area contributed by atoms with E-state index in [1.165, 1.54) is 17.4 Å². The molecule has 0 aliphatic rings. The molecule has 0 radical (unpaired) electrons. The summed E-state index contributed by atoms with van der Waals surface area (Å²) in [6.45, 7) is 1.83. The van der Waals surface area contributed by atoms with Crippen LogP contribution in [0.4, 0.5) is 10.8 Å². The standard InChI is InChI=1S/C10H10N4O3S/c1-6-7(14(15)16)3-2-4-8(6)17-5-9-12-13-10(11)18-9/h2-4H,5H2,1H3,(H2,11,13). The third-order valence-corrected chi connectivity index (χ3v) is 3.01. The molecule has 2 aromatic rings. The summed E-state index contributed by atoms with van der Waals surface area (Å²) in [4.78, 5) is 10.3. The molecule has 0 atom stereocenters. The van der Waals surface area contributed by atoms with Crippen LogP contribution in [-0.2, 0) is 6.61 Å². The number of benzene rings is 1. The summed E-state index contributed by atoms with van der Waals surface area (Å²) < 4.78 is 5.47. The molecule has 2 N–H and O–H groups in total. The Hall–Kier alpha value is -2.22. The lowest BCUT2D eigenvalue weighted by molar-refractivity contribution is -0.385. The summed E-state index contributed by atoms with van der Waals surface area (Å²) >= 11 is 1.22. The second-order valence-electron chi connectivity index (χ2n) is 3.48. The summed E-state index contributed by atoms with van der Waals surface area (Å²) in [5.41, 5.74) is 5.96. The molecule has 2 rings (SSSR count). The van der Waals surface area contributed by atoms with Crippen molar-refractivity contribution in [3.8, 4) is 5.75 Å². The van der Waals surface area contributed by atoms with Crippen LogP contribution in [0.2, 0.25) is 0 Å². The van der Waals surface area contributed by atoms with Gasteiger partial charge in [0.15, 0.2) is 5.01 Å². The largest absolute Gasteiger partial charge is 0.486 e. The van der Waals surface area contributed by atoms with E-state index in [4.69, 9.17) is 10.5 Å². The van der Waals surface area contributed by atoms with Gasteiger partial charge < -0.3 is 10.5 Å². The molecule has 1 aromatic carbocycles. The maximum atomic E-state index is 10.8. The van der Waals surface area contributed by atoms with Gasteiger partial charge in [-0.1, -0.05) is 17.4 Å². The van der Waals surface area contributed by atoms with Crippen molar-refractivity contribution < 1.29 is 9.66 Å². The minimum absolute atomic E-state index is 0.0317. The molecule has 0 bridgehead atoms. The van der Waals surface area contributed by atoms with E-state index >= 15 is 0 Å². The van der Waals surface area contributed by atoms with Gasteiger partial charge in [0.05, 0.1) is 10.5 Å². The summed E-state index contributed by atoms with van der Waals surface area (Å²) in [5.74, 6) is 0.456. The van der Waals surface area contributed by atoms with Gasteiger partial charge in [0.2, 0.25) is 5.13 Å². The number of nitro benzene ring substituents is 1. The highest BCUT2D eigenvalue weighted by Crippen LogP contribution is 2.27. The zero-order valence-corrected chi connectivity index (χ0v) is 10.3. The highest BCUT2D eigenvalue weighted by Gasteiger charge is 2.14. The summed E-state index contributed by atoms with van der Waals surface area (Å²) in [6.07, 6.45) is 0. The molecule has 1 aromatic heterocycles. The molecule has 8 heteroatoms. The third kappa shape index (κ3) is 2.54. The highest BCUT2D eigenvalue weighted by molar-refractivity contribution is 7.15. The van der Waals surface area contributed by atoms with E-state index in [0.29, 0.717) is 21.5 Å². The van der Waals surface area contributed by atoms with Crippen molar-refractivity contribution >= 4 is 22.2 Å². The van der Waals surface area contributed by atoms with Crippen LogP contribution in [0, 0.1) is 17.0 Å². The maximum Gasteiger partial charge on any atom is 0.276 e. The van der Waals surface area contributed by atoms with E-state index in [-0.39, 0.29) is 12.3 Å². The quantitative estimate of drug-likeness (QED) is 0.669. The second kappa shape index (κ2) is 4.96. The van der Waals surface area contributed by atoms with Crippen LogP contribution in [0.5, 0.6) is 5.75 Å². The molecule has 0 saturated carbocycles. The number of nitro groups is 1. The number of hydrogen-bond acceptors (Lipinski definition) is 7. The lowest BCUT2D eigenvalue weighted by Gasteiger charge is -2.07. The lowest BCUT2D eigenvalue weighted by atomic mass is 10.2. The third-order valence-electron chi connectivity index (χ3n) is 2.29. The number of nitrogens with zero attached hydrogens (tertiary/aromatic N) is 3. The minimum atomic E-state index is -0.439. The predicted octanol–water partition coefficient (Wildman–Crippen LogP) is 1.92. The molecule has 0 spiro atoms. The molecule has 0 unspecified atom stereocenters. The van der Waals surface area contributed by atoms with Crippen molar-refractivity contribution in [3.63, 3.8) is 0 Å². The fraction of sp³-hybridized carbons (Fsp3) is 0.200. The van der Waals surface area contributed by atoms with Gasteiger partial charge in [-0.2, -0.15) is 0 Å². The summed E-state index contributed by atoms with van der Waals surface area (Å²) in [7, 11) is 0. The smallest absolute Gasteiger partial charge is 0.276 e. The van der Waals surface area contributed by atoms with E-state index in [2.05, 4.69) is 10.2 Å². The first-order valence-electron chi connectivity index (χ1n) is 5.02. The topological polar surface area (TPSA) is 104 Å². The molecule has 0 aliphatic heterocycles. The number of aromatic nitrogens is 2. The van der Waals surface area contributed by atoms with Gasteiger partial charge >= 0.3 is 0 Å². The van der Waals surface area contributed by atoms with Crippen LogP contribution in [0.25, 0.3) is 0 Å². The van der Waals surface area contributed by atoms with E-state index in [9.17, 15) is 10.1 Å². The second-order valence-corrected chi connectivity index (χ2v) is 4.57. The van der Waals surface area contributed by atoms with Gasteiger partial charge in [-0.3, -0.25) is 10.1 Å². The molecule has 18 heavy (non-hydrogen) atoms. The van der Waals surface area contributed by atoms with Gasteiger partial charge in [-0.05, 0) is 13.0 Å². The fourth-order valence-corrected chi connectivity index (χ4v) is 1.94. The maximum absolute atomic E-state index is 10.8. The van der Waals surface area contributed by atoms with Crippen molar-refractivity contribution in [1.82, 2.24) is 10.2 Å². The van der Waals surface area contributed by atoms with Crippen LogP contribution in [0.3, 0.4) is 0 Å². The monoisotopic (exact) mass is 266 g/mol. The average Bonchev–Trinajstić information content (AvgIpc) is 2.73. The van der Waals surface area contributed by atoms with E-state index in [1.807, 2.05) is 0 Å². The Morgan fingerprint density at radius 2 is 2.28 bits per heavy atom. The molecule has 1 heterocycles. The molecule has 0 fully saturated rings. The number of nitrogen functional groups attached to an aromatic ring is 1. The SMILES string of the molecule is Cc1c(OCc2nnc(N)s2)cccc1[N+](=O)[O-]. The van der Waals surface area contributed by atoms with E-state index in [1.54, 1.807) is 19.1 Å². The number of nitrogens with two attached hydrogens (primary N) is 1. The number of rotatable bonds is 4. The Bertz CT molecular complexity index is 584. The van der Waals surface area contributed by atoms with Crippen molar-refractivity contribution in [2.24, 2.45) is 0 Å². The van der Waals surface area contributed by atoms with Crippen LogP contribution in [0.1, 0.15) is 10.6 Å². The Labute approximate surface area is 106 Å². The van der Waals surface area contributed by atoms with Gasteiger partial charge in [-0.15, -0.1) is 10.2 Å². The predicted molar refractivity (Wildman–Crippen MR) is 66.5 cm³/mol. The van der Waals surface area contributed by atoms with Crippen molar-refractivity contribution in [2.45, 2.75) is 13.5 Å². The van der Waals surface area contributed by atoms with Gasteiger partial charge in [-0.25, -0.2) is 0 Å². The molecule has 0 amide bonds. The minimum Gasteiger partial charge on any atom is -0.486 e. The van der Waals surface area contributed by atoms with E-state index in [0.717, 1.165) is 0 Å². The molecular formula is C10H10N4O3S. The molecule has 0 saturated heterocycles. The first kappa shape index (κ1) is 12.2. The number of anilines is 1. The Balaban J connectivity index is 2.14. The van der Waals surface area contributed by atoms with Crippen molar-refractivity contribution in [1.29, 1.82) is 0 Å². The van der Waals surface area contributed by atoms with Crippen LogP contribution < -0.4 is 10.5 Å². The first-order chi connectivity index (χ1) is 8.58. The Kier molecular flexibility index (Phi) is 3.38. The zero-order valence-electron chi connectivity index (χ0n) is 9.49. The number of hydrogen-bond donors (Lipinski definition) is 1. The van der Waals surface area contributed by atoms with Crippen LogP contribution in [0.15, 0.2) is 18.2 Å². The van der Waals surface area contributed by atoms with E-state index < -0.39 is 4.92 Å². The normalized spacial score (nSPS) is 10.3. The lowest BCUT2D eigenvalue weighted by Crippen LogP contribution is -1.99. The van der Waals surface area contributed by atoms with Gasteiger partial charge in [0.25, 0.3) is 5.69 Å². The Morgan fingerprint density at radius 3 is 2.89 bits per heavy atom. The zero-order chi connectivity index (χ0) is 13.1. The Morgan fingerprint density at radius 1 is 1.50 bits per heavy atom. The summed E-state index contributed by atoms with van der Waals surface area (Å²) in [5, 5.41) is 19.2. The van der Waals surface area contributed by atoms with Crippen LogP contribution in [-0.4, -0.2) is 15.1 Å². The van der Waals surface area contributed by atoms with Crippen molar-refractivity contribution in [3.05, 3.63) is 38.9 Å². The summed E-state index contributed by atoms with van der Waals surface area (Å²) in [6, 6.07) is 4.69. The molecule has 94 valence electrons. The van der Waals surface area contributed by atoms with Crippen molar-refractivity contribution in [2.75, 3.05) is 5.73 Å². The highest BCUT2D eigenvalue weighted by atomic mass is 32.1. The van der Waals surface area contributed by atoms with Gasteiger partial charge in [0, 0.05) is 6.07 Å². The molecular weight excluding hydrogens is 256 g/mol. The first-order valence-corrected chi connectivity index (χ1v) is 5.84. The van der Waals surface area contributed by atoms with Gasteiger partial charge in [0.1, 0.15) is 12.4 Å².